The van der Waals surface area contributed by atoms with Gasteiger partial charge in [-0.25, -0.2) is 9.98 Å². The fraction of sp³-hybridized carbons (Fsp3) is 0.0196. The molecule has 0 saturated heterocycles. The van der Waals surface area contributed by atoms with Gasteiger partial charge in [0.15, 0.2) is 11.4 Å². The van der Waals surface area contributed by atoms with Crippen molar-refractivity contribution >= 4 is 77.4 Å². The van der Waals surface area contributed by atoms with Crippen LogP contribution < -0.4 is 5.32 Å². The van der Waals surface area contributed by atoms with E-state index in [2.05, 4.69) is 149 Å². The molecule has 0 bridgehead atoms. The molecule has 1 aliphatic rings. The predicted molar refractivity (Wildman–Crippen MR) is 233 cm³/mol. The molecule has 4 heterocycles. The minimum Gasteiger partial charge on any atom is -0.456 e. The van der Waals surface area contributed by atoms with Crippen LogP contribution in [-0.4, -0.2) is 16.2 Å². The molecule has 1 aliphatic heterocycles. The summed E-state index contributed by atoms with van der Waals surface area (Å²) in [6, 6.07) is 63.2. The minimum atomic E-state index is -0.280. The number of benzene rings is 8. The fourth-order valence-electron chi connectivity index (χ4n) is 8.60. The molecule has 268 valence electrons. The van der Waals surface area contributed by atoms with E-state index in [9.17, 15) is 0 Å². The number of amidine groups is 2. The van der Waals surface area contributed by atoms with Crippen molar-refractivity contribution < 1.29 is 8.83 Å². The zero-order valence-corrected chi connectivity index (χ0v) is 30.6. The highest BCUT2D eigenvalue weighted by Crippen LogP contribution is 2.42. The van der Waals surface area contributed by atoms with E-state index >= 15 is 0 Å². The summed E-state index contributed by atoms with van der Waals surface area (Å²) in [5, 5.41) is 10.3. The highest BCUT2D eigenvalue weighted by molar-refractivity contribution is 6.17. The van der Waals surface area contributed by atoms with E-state index in [-0.39, 0.29) is 6.17 Å². The number of nitrogens with zero attached hydrogens (tertiary/aromatic N) is 3. The summed E-state index contributed by atoms with van der Waals surface area (Å²) in [5.74, 6) is 1.45. The predicted octanol–water partition coefficient (Wildman–Crippen LogP) is 12.7. The molecule has 6 nitrogen and oxygen atoms in total. The molecule has 0 spiro atoms. The van der Waals surface area contributed by atoms with Gasteiger partial charge in [-0.15, -0.1) is 0 Å². The molecular formula is C51H32N4O2. The third-order valence-electron chi connectivity index (χ3n) is 11.3. The number of para-hydroxylation sites is 4. The summed E-state index contributed by atoms with van der Waals surface area (Å²) in [5.41, 5.74) is 11.7. The van der Waals surface area contributed by atoms with Crippen LogP contribution in [0.3, 0.4) is 0 Å². The molecule has 0 aliphatic carbocycles. The molecule has 0 saturated carbocycles. The second kappa shape index (κ2) is 12.4. The molecule has 1 unspecified atom stereocenters. The lowest BCUT2D eigenvalue weighted by Crippen LogP contribution is -2.33. The standard InChI is InChI=1S/C51H32N4O2/c1-3-13-31(14-4-1)49-52-50(32-15-5-2-6-16-32)54-51(53-49)34-26-28-46-41(30-34)40-29-33(25-27-45(40)56-46)35-19-11-20-38-39-21-12-24-44(48(39)57-47(35)38)55-42-22-9-7-17-36(42)37-18-8-10-23-43(37)55/h1-30,49H,(H,52,53,54). The Balaban J connectivity index is 0.994. The van der Waals surface area contributed by atoms with E-state index < -0.39 is 0 Å². The number of rotatable bonds is 5. The van der Waals surface area contributed by atoms with Gasteiger partial charge in [-0.1, -0.05) is 133 Å². The van der Waals surface area contributed by atoms with Crippen molar-refractivity contribution in [3.05, 3.63) is 199 Å². The first kappa shape index (κ1) is 31.6. The van der Waals surface area contributed by atoms with Gasteiger partial charge in [0, 0.05) is 49.0 Å². The zero-order valence-electron chi connectivity index (χ0n) is 30.6. The summed E-state index contributed by atoms with van der Waals surface area (Å²) in [6.45, 7) is 0. The van der Waals surface area contributed by atoms with Crippen LogP contribution in [0, 0.1) is 0 Å². The highest BCUT2D eigenvalue weighted by Gasteiger charge is 2.23. The maximum atomic E-state index is 6.98. The molecule has 11 aromatic rings. The first-order chi connectivity index (χ1) is 28.2. The van der Waals surface area contributed by atoms with E-state index in [0.29, 0.717) is 5.84 Å². The van der Waals surface area contributed by atoms with Gasteiger partial charge < -0.3 is 18.7 Å². The topological polar surface area (TPSA) is 68.0 Å². The summed E-state index contributed by atoms with van der Waals surface area (Å²) in [4.78, 5) is 10.1. The lowest BCUT2D eigenvalue weighted by molar-refractivity contribution is 0.666. The van der Waals surface area contributed by atoms with Crippen LogP contribution in [0.5, 0.6) is 0 Å². The number of furan rings is 2. The van der Waals surface area contributed by atoms with Gasteiger partial charge in [0.1, 0.15) is 28.8 Å². The number of hydrogen-bond acceptors (Lipinski definition) is 5. The Morgan fingerprint density at radius 2 is 1.05 bits per heavy atom. The molecule has 3 aromatic heterocycles. The van der Waals surface area contributed by atoms with Gasteiger partial charge in [0.05, 0.1) is 16.7 Å². The van der Waals surface area contributed by atoms with Crippen molar-refractivity contribution in [3.8, 4) is 16.8 Å². The normalized spacial score (nSPS) is 14.5. The van der Waals surface area contributed by atoms with Crippen LogP contribution >= 0.6 is 0 Å². The van der Waals surface area contributed by atoms with Crippen molar-refractivity contribution in [2.45, 2.75) is 6.17 Å². The monoisotopic (exact) mass is 732 g/mol. The van der Waals surface area contributed by atoms with Crippen molar-refractivity contribution in [2.24, 2.45) is 9.98 Å². The lowest BCUT2D eigenvalue weighted by Gasteiger charge is -2.23. The van der Waals surface area contributed by atoms with Gasteiger partial charge in [0.25, 0.3) is 0 Å². The molecule has 0 amide bonds. The van der Waals surface area contributed by atoms with E-state index in [4.69, 9.17) is 18.8 Å². The molecule has 1 N–H and O–H groups in total. The molecular weight excluding hydrogens is 701 g/mol. The van der Waals surface area contributed by atoms with E-state index in [1.165, 1.54) is 10.8 Å². The third kappa shape index (κ3) is 4.97. The average molecular weight is 733 g/mol. The van der Waals surface area contributed by atoms with E-state index in [1.54, 1.807) is 0 Å². The fourth-order valence-corrected chi connectivity index (χ4v) is 8.60. The zero-order chi connectivity index (χ0) is 37.5. The van der Waals surface area contributed by atoms with Crippen molar-refractivity contribution in [3.63, 3.8) is 0 Å². The number of hydrogen-bond donors (Lipinski definition) is 1. The van der Waals surface area contributed by atoms with Gasteiger partial charge in [-0.05, 0) is 59.7 Å². The van der Waals surface area contributed by atoms with E-state index in [0.717, 1.165) is 94.3 Å². The number of aromatic nitrogens is 1. The van der Waals surface area contributed by atoms with Crippen molar-refractivity contribution in [1.82, 2.24) is 9.88 Å². The molecule has 0 radical (unpaired) electrons. The van der Waals surface area contributed by atoms with Crippen molar-refractivity contribution in [2.75, 3.05) is 0 Å². The van der Waals surface area contributed by atoms with Crippen LogP contribution in [0.25, 0.3) is 82.5 Å². The van der Waals surface area contributed by atoms with Crippen molar-refractivity contribution in [1.29, 1.82) is 0 Å². The Morgan fingerprint density at radius 1 is 0.456 bits per heavy atom. The number of nitrogens with one attached hydrogen (secondary N) is 1. The molecule has 8 aromatic carbocycles. The minimum absolute atomic E-state index is 0.280. The van der Waals surface area contributed by atoms with Crippen LogP contribution in [0.15, 0.2) is 201 Å². The maximum absolute atomic E-state index is 6.98. The quantitative estimate of drug-likeness (QED) is 0.192. The SMILES string of the molecule is c1ccc(C2=NC(c3ccccc3)NC(c3ccc4oc5ccc(-c6cccc7c6oc6c(-n8c9ccccc9c9ccccc98)cccc67)cc5c4c3)=N2)cc1. The number of fused-ring (bicyclic) bond motifs is 9. The Bertz CT molecular complexity index is 3390. The first-order valence-electron chi connectivity index (χ1n) is 19.2. The second-order valence-corrected chi connectivity index (χ2v) is 14.6. The highest BCUT2D eigenvalue weighted by atomic mass is 16.3. The van der Waals surface area contributed by atoms with Gasteiger partial charge >= 0.3 is 0 Å². The molecule has 57 heavy (non-hydrogen) atoms. The number of aliphatic imine (C=N–C) groups is 2. The second-order valence-electron chi connectivity index (χ2n) is 14.6. The lowest BCUT2D eigenvalue weighted by atomic mass is 9.99. The van der Waals surface area contributed by atoms with Gasteiger partial charge in [0.2, 0.25) is 0 Å². The Labute approximate surface area is 326 Å². The first-order valence-corrected chi connectivity index (χ1v) is 19.2. The smallest absolute Gasteiger partial charge is 0.159 e. The van der Waals surface area contributed by atoms with Gasteiger partial charge in [-0.2, -0.15) is 0 Å². The third-order valence-corrected chi connectivity index (χ3v) is 11.3. The Kier molecular flexibility index (Phi) is 6.89. The molecule has 1 atom stereocenters. The summed E-state index contributed by atoms with van der Waals surface area (Å²) in [7, 11) is 0. The summed E-state index contributed by atoms with van der Waals surface area (Å²) >= 11 is 0. The molecule has 12 rings (SSSR count). The average Bonchev–Trinajstić information content (AvgIpc) is 3.96. The molecule has 0 fully saturated rings. The summed E-state index contributed by atoms with van der Waals surface area (Å²) in [6.07, 6.45) is -0.280. The Morgan fingerprint density at radius 3 is 1.79 bits per heavy atom. The largest absolute Gasteiger partial charge is 0.456 e. The molecule has 6 heteroatoms. The van der Waals surface area contributed by atoms with Crippen LogP contribution in [0.4, 0.5) is 0 Å². The van der Waals surface area contributed by atoms with Crippen LogP contribution in [0.2, 0.25) is 0 Å². The van der Waals surface area contributed by atoms with Crippen LogP contribution in [-0.2, 0) is 0 Å². The van der Waals surface area contributed by atoms with Gasteiger partial charge in [-0.3, -0.25) is 0 Å². The van der Waals surface area contributed by atoms with E-state index in [1.807, 2.05) is 42.5 Å². The summed E-state index contributed by atoms with van der Waals surface area (Å²) < 4.78 is 15.7. The maximum Gasteiger partial charge on any atom is 0.159 e. The Hall–Kier alpha value is -7.70. The van der Waals surface area contributed by atoms with Crippen LogP contribution in [0.1, 0.15) is 22.9 Å².